The molecule has 7 nitrogen and oxygen atoms in total. The van der Waals surface area contributed by atoms with Crippen LogP contribution in [0.25, 0.3) is 10.8 Å². The van der Waals surface area contributed by atoms with Gasteiger partial charge >= 0.3 is 0 Å². The average molecular weight is 491 g/mol. The number of nitrogens with one attached hydrogen (secondary N) is 2. The molecule has 1 amide bonds. The van der Waals surface area contributed by atoms with E-state index >= 15 is 0 Å². The first-order valence-electron chi connectivity index (χ1n) is 11.1. The first-order valence-corrected chi connectivity index (χ1v) is 12.6. The summed E-state index contributed by atoms with van der Waals surface area (Å²) in [6.07, 6.45) is -0.229. The molecule has 0 saturated carbocycles. The summed E-state index contributed by atoms with van der Waals surface area (Å²) < 4.78 is 38.9. The van der Waals surface area contributed by atoms with E-state index in [1.165, 1.54) is 19.2 Å². The fraction of sp³-hybridized carbons (Fsp3) is 0.148. The lowest BCUT2D eigenvalue weighted by molar-refractivity contribution is -0.122. The van der Waals surface area contributed by atoms with Gasteiger partial charge in [0, 0.05) is 11.4 Å². The highest BCUT2D eigenvalue weighted by atomic mass is 32.2. The lowest BCUT2D eigenvalue weighted by atomic mass is 10.1. The molecule has 0 spiro atoms. The largest absolute Gasteiger partial charge is 0.497 e. The highest BCUT2D eigenvalue weighted by Gasteiger charge is 2.20. The van der Waals surface area contributed by atoms with Crippen LogP contribution in [0, 0.1) is 0 Å². The normalized spacial score (nSPS) is 12.1. The second-order valence-corrected chi connectivity index (χ2v) is 9.55. The van der Waals surface area contributed by atoms with Gasteiger partial charge in [-0.25, -0.2) is 8.42 Å². The number of anilines is 2. The van der Waals surface area contributed by atoms with Crippen LogP contribution >= 0.6 is 0 Å². The van der Waals surface area contributed by atoms with Gasteiger partial charge in [-0.1, -0.05) is 37.3 Å². The fourth-order valence-electron chi connectivity index (χ4n) is 3.54. The molecule has 0 saturated heterocycles. The third kappa shape index (κ3) is 5.91. The monoisotopic (exact) mass is 490 g/mol. The molecule has 0 radical (unpaired) electrons. The van der Waals surface area contributed by atoms with Crippen molar-refractivity contribution in [3.63, 3.8) is 0 Å². The van der Waals surface area contributed by atoms with E-state index in [4.69, 9.17) is 9.47 Å². The maximum absolute atomic E-state index is 12.8. The van der Waals surface area contributed by atoms with Crippen LogP contribution in [0.15, 0.2) is 95.9 Å². The Morgan fingerprint density at radius 1 is 0.829 bits per heavy atom. The number of hydrogen-bond donors (Lipinski definition) is 2. The molecular formula is C27H26N2O5S. The molecule has 0 bridgehead atoms. The van der Waals surface area contributed by atoms with E-state index in [2.05, 4.69) is 10.0 Å². The standard InChI is InChI=1S/C27H26N2O5S/c1-3-26(34-24-13-8-19-6-4-5-7-20(19)18-24)27(30)28-21-11-16-25(17-12-21)35(31,32)29-22-9-14-23(33-2)15-10-22/h4-18,26,29H,3H2,1-2H3,(H,28,30)/t26-/m0/s1. The molecule has 4 aromatic carbocycles. The van der Waals surface area contributed by atoms with Crippen molar-refractivity contribution in [1.29, 1.82) is 0 Å². The van der Waals surface area contributed by atoms with Crippen LogP contribution in [0.5, 0.6) is 11.5 Å². The van der Waals surface area contributed by atoms with Crippen LogP contribution < -0.4 is 19.5 Å². The summed E-state index contributed by atoms with van der Waals surface area (Å²) in [4.78, 5) is 12.9. The minimum Gasteiger partial charge on any atom is -0.497 e. The van der Waals surface area contributed by atoms with Gasteiger partial charge in [-0.15, -0.1) is 0 Å². The summed E-state index contributed by atoms with van der Waals surface area (Å²) in [7, 11) is -2.25. The molecule has 0 aliphatic rings. The van der Waals surface area contributed by atoms with Gasteiger partial charge < -0.3 is 14.8 Å². The zero-order chi connectivity index (χ0) is 24.8. The number of methoxy groups -OCH3 is 1. The average Bonchev–Trinajstić information content (AvgIpc) is 2.87. The zero-order valence-electron chi connectivity index (χ0n) is 19.4. The molecule has 4 rings (SSSR count). The minimum atomic E-state index is -3.79. The van der Waals surface area contributed by atoms with Crippen LogP contribution in [0.4, 0.5) is 11.4 Å². The fourth-order valence-corrected chi connectivity index (χ4v) is 4.60. The van der Waals surface area contributed by atoms with E-state index in [0.29, 0.717) is 29.3 Å². The van der Waals surface area contributed by atoms with Crippen LogP contribution in [0.3, 0.4) is 0 Å². The predicted molar refractivity (Wildman–Crippen MR) is 138 cm³/mol. The molecular weight excluding hydrogens is 464 g/mol. The quantitative estimate of drug-likeness (QED) is 0.326. The van der Waals surface area contributed by atoms with E-state index in [0.717, 1.165) is 10.8 Å². The van der Waals surface area contributed by atoms with Gasteiger partial charge in [0.1, 0.15) is 11.5 Å². The van der Waals surface area contributed by atoms with Crippen molar-refractivity contribution < 1.29 is 22.7 Å². The van der Waals surface area contributed by atoms with Gasteiger partial charge in [-0.2, -0.15) is 0 Å². The third-order valence-electron chi connectivity index (χ3n) is 5.44. The number of rotatable bonds is 9. The molecule has 0 aliphatic heterocycles. The Hall–Kier alpha value is -4.04. The van der Waals surface area contributed by atoms with Gasteiger partial charge in [0.2, 0.25) is 0 Å². The van der Waals surface area contributed by atoms with E-state index < -0.39 is 16.1 Å². The summed E-state index contributed by atoms with van der Waals surface area (Å²) >= 11 is 0. The number of benzene rings is 4. The molecule has 0 heterocycles. The molecule has 2 N–H and O–H groups in total. The lowest BCUT2D eigenvalue weighted by Gasteiger charge is -2.18. The Balaban J connectivity index is 1.41. The van der Waals surface area contributed by atoms with Crippen LogP contribution in [0.1, 0.15) is 13.3 Å². The number of ether oxygens (including phenoxy) is 2. The van der Waals surface area contributed by atoms with Crippen LogP contribution in [-0.2, 0) is 14.8 Å². The van der Waals surface area contributed by atoms with Crippen molar-refractivity contribution in [2.45, 2.75) is 24.3 Å². The Kier molecular flexibility index (Phi) is 7.22. The second kappa shape index (κ2) is 10.5. The SMILES string of the molecule is CC[C@H](Oc1ccc2ccccc2c1)C(=O)Nc1ccc(S(=O)(=O)Nc2ccc(OC)cc2)cc1. The van der Waals surface area contributed by atoms with Crippen molar-refractivity contribution >= 4 is 38.1 Å². The highest BCUT2D eigenvalue weighted by molar-refractivity contribution is 7.92. The van der Waals surface area contributed by atoms with Crippen LogP contribution in [0.2, 0.25) is 0 Å². The third-order valence-corrected chi connectivity index (χ3v) is 6.83. The molecule has 180 valence electrons. The van der Waals surface area contributed by atoms with Gasteiger partial charge in [-0.3, -0.25) is 9.52 Å². The number of fused-ring (bicyclic) bond motifs is 1. The first kappa shape index (κ1) is 24.1. The molecule has 1 atom stereocenters. The second-order valence-electron chi connectivity index (χ2n) is 7.87. The predicted octanol–water partition coefficient (Wildman–Crippen LogP) is 5.45. The molecule has 35 heavy (non-hydrogen) atoms. The topological polar surface area (TPSA) is 93.7 Å². The summed E-state index contributed by atoms with van der Waals surface area (Å²) in [5.74, 6) is 0.924. The molecule has 0 aliphatic carbocycles. The smallest absolute Gasteiger partial charge is 0.265 e. The number of hydrogen-bond acceptors (Lipinski definition) is 5. The highest BCUT2D eigenvalue weighted by Crippen LogP contribution is 2.23. The number of amides is 1. The maximum Gasteiger partial charge on any atom is 0.265 e. The zero-order valence-corrected chi connectivity index (χ0v) is 20.2. The molecule has 4 aromatic rings. The molecule has 0 unspecified atom stereocenters. The minimum absolute atomic E-state index is 0.0748. The summed E-state index contributed by atoms with van der Waals surface area (Å²) in [6.45, 7) is 1.87. The Morgan fingerprint density at radius 2 is 1.46 bits per heavy atom. The Bertz CT molecular complexity index is 1420. The maximum atomic E-state index is 12.8. The summed E-state index contributed by atoms with van der Waals surface area (Å²) in [6, 6.07) is 26.2. The Labute approximate surface area is 204 Å². The van der Waals surface area contributed by atoms with E-state index in [1.807, 2.05) is 49.4 Å². The lowest BCUT2D eigenvalue weighted by Crippen LogP contribution is -2.32. The van der Waals surface area contributed by atoms with E-state index in [-0.39, 0.29) is 10.8 Å². The van der Waals surface area contributed by atoms with Gasteiger partial charge in [0.25, 0.3) is 15.9 Å². The summed E-state index contributed by atoms with van der Waals surface area (Å²) in [5, 5.41) is 4.92. The summed E-state index contributed by atoms with van der Waals surface area (Å²) in [5.41, 5.74) is 0.888. The number of carbonyl (C=O) groups is 1. The van der Waals surface area contributed by atoms with Crippen molar-refractivity contribution in [1.82, 2.24) is 0 Å². The molecule has 0 aromatic heterocycles. The van der Waals surface area contributed by atoms with Crippen molar-refractivity contribution in [2.24, 2.45) is 0 Å². The van der Waals surface area contributed by atoms with Gasteiger partial charge in [-0.05, 0) is 77.9 Å². The van der Waals surface area contributed by atoms with Gasteiger partial charge in [0.05, 0.1) is 12.0 Å². The van der Waals surface area contributed by atoms with E-state index in [9.17, 15) is 13.2 Å². The number of carbonyl (C=O) groups excluding carboxylic acids is 1. The Morgan fingerprint density at radius 3 is 2.11 bits per heavy atom. The molecule has 8 heteroatoms. The first-order chi connectivity index (χ1) is 16.9. The van der Waals surface area contributed by atoms with Crippen molar-refractivity contribution in [3.8, 4) is 11.5 Å². The van der Waals surface area contributed by atoms with E-state index in [1.54, 1.807) is 36.4 Å². The van der Waals surface area contributed by atoms with Crippen molar-refractivity contribution in [3.05, 3.63) is 91.0 Å². The van der Waals surface area contributed by atoms with Gasteiger partial charge in [0.15, 0.2) is 6.10 Å². The molecule has 0 fully saturated rings. The number of sulfonamides is 1. The van der Waals surface area contributed by atoms with Crippen molar-refractivity contribution in [2.75, 3.05) is 17.1 Å². The van der Waals surface area contributed by atoms with Crippen LogP contribution in [-0.4, -0.2) is 27.5 Å².